The lowest BCUT2D eigenvalue weighted by molar-refractivity contribution is -0.268. The summed E-state index contributed by atoms with van der Waals surface area (Å²) in [6.45, 7) is 0. The van der Waals surface area contributed by atoms with E-state index in [1.807, 2.05) is 0 Å². The second-order valence-electron chi connectivity index (χ2n) is 4.69. The number of hydrogen-bond acceptors (Lipinski definition) is 2. The van der Waals surface area contributed by atoms with Crippen molar-refractivity contribution in [2.45, 2.75) is 0 Å². The van der Waals surface area contributed by atoms with Crippen LogP contribution in [0.5, 0.6) is 11.5 Å². The minimum Gasteiger partial charge on any atom is -0.871 e. The Morgan fingerprint density at radius 2 is 1.23 bits per heavy atom. The molecule has 0 unspecified atom stereocenters. The number of aromatic amines is 2. The molecular weight excluding hydrogens is 323 g/mol. The summed E-state index contributed by atoms with van der Waals surface area (Å²) in [7, 11) is 0. The predicted molar refractivity (Wildman–Crippen MR) is 84.5 cm³/mol. The first-order valence-electron chi connectivity index (χ1n) is 8.19. The van der Waals surface area contributed by atoms with Gasteiger partial charge in [-0.25, -0.2) is 0 Å². The number of rotatable bonds is 1. The van der Waals surface area contributed by atoms with E-state index in [2.05, 4.69) is 9.97 Å². The number of hydrogen-bond donors (Lipinski definition) is 2. The van der Waals surface area contributed by atoms with Gasteiger partial charge in [0.1, 0.15) is 0 Å². The minimum absolute atomic E-state index is 0.0720. The monoisotopic (exact) mass is 334 g/mol. The smallest absolute Gasteiger partial charge is 0.0661 e. The van der Waals surface area contributed by atoms with Crippen molar-refractivity contribution in [2.24, 2.45) is 0 Å². The third kappa shape index (κ3) is 1.85. The van der Waals surface area contributed by atoms with Crippen LogP contribution >= 0.6 is 23.2 Å². The van der Waals surface area contributed by atoms with E-state index < -0.39 is 11.5 Å². The van der Waals surface area contributed by atoms with Crippen molar-refractivity contribution in [3.05, 3.63) is 46.3 Å². The first kappa shape index (κ1) is 9.66. The summed E-state index contributed by atoms with van der Waals surface area (Å²) in [5.74, 6) is -1.13. The highest BCUT2D eigenvalue weighted by Crippen LogP contribution is 2.40. The van der Waals surface area contributed by atoms with Gasteiger partial charge in [-0.15, -0.1) is 0 Å². The van der Waals surface area contributed by atoms with Crippen LogP contribution in [0.15, 0.2) is 36.3 Å². The number of aromatic nitrogens is 2. The molecule has 0 spiro atoms. The molecular formula is C16H8Cl2N2O2-2. The number of benzene rings is 2. The van der Waals surface area contributed by atoms with Crippen molar-refractivity contribution < 1.29 is 15.7 Å². The van der Waals surface area contributed by atoms with E-state index in [1.165, 1.54) is 12.1 Å². The zero-order valence-corrected chi connectivity index (χ0v) is 12.2. The first-order valence-corrected chi connectivity index (χ1v) is 6.95. The Balaban J connectivity index is 2.08. The van der Waals surface area contributed by atoms with Crippen LogP contribution in [0, 0.1) is 0 Å². The van der Waals surface area contributed by atoms with Gasteiger partial charge in [0.05, 0.1) is 16.9 Å². The molecule has 0 saturated carbocycles. The molecule has 0 amide bonds. The molecule has 2 aromatic heterocycles. The molecule has 2 aromatic carbocycles. The van der Waals surface area contributed by atoms with Crippen molar-refractivity contribution in [3.8, 4) is 22.9 Å². The maximum atomic E-state index is 12.7. The Morgan fingerprint density at radius 3 is 1.64 bits per heavy atom. The Morgan fingerprint density at radius 1 is 0.818 bits per heavy atom. The highest BCUT2D eigenvalue weighted by atomic mass is 35.5. The summed E-state index contributed by atoms with van der Waals surface area (Å²) in [5, 5.41) is 25.3. The zero-order chi connectivity index (χ0) is 18.9. The molecule has 110 valence electrons. The first-order chi connectivity index (χ1) is 12.2. The summed E-state index contributed by atoms with van der Waals surface area (Å²) in [5.41, 5.74) is 0.0422. The summed E-state index contributed by atoms with van der Waals surface area (Å²) in [6.07, 6.45) is 0. The maximum Gasteiger partial charge on any atom is 0.0661 e. The van der Waals surface area contributed by atoms with E-state index in [1.54, 1.807) is 0 Å². The highest BCUT2D eigenvalue weighted by Gasteiger charge is 2.11. The second kappa shape index (κ2) is 4.60. The molecule has 0 atom stereocenters. The number of H-pyrrole nitrogens is 2. The third-order valence-corrected chi connectivity index (χ3v) is 3.80. The van der Waals surface area contributed by atoms with Gasteiger partial charge in [-0.1, -0.05) is 46.8 Å². The molecule has 6 heteroatoms. The molecule has 0 fully saturated rings. The minimum atomic E-state index is -0.564. The molecule has 0 aliphatic heterocycles. The molecule has 4 nitrogen and oxygen atoms in total. The van der Waals surface area contributed by atoms with E-state index in [4.69, 9.17) is 28.7 Å². The van der Waals surface area contributed by atoms with Crippen LogP contribution in [0.3, 0.4) is 0 Å². The lowest BCUT2D eigenvalue weighted by atomic mass is 10.2. The van der Waals surface area contributed by atoms with E-state index in [-0.39, 0.29) is 67.4 Å². The fraction of sp³-hybridized carbons (Fsp3) is 0. The summed E-state index contributed by atoms with van der Waals surface area (Å²) in [6, 6.07) is 1.73. The molecule has 0 radical (unpaired) electrons. The Kier molecular flexibility index (Phi) is 2.02. The van der Waals surface area contributed by atoms with Gasteiger partial charge in [0.25, 0.3) is 0 Å². The number of fused-ring (bicyclic) bond motifs is 2. The van der Waals surface area contributed by atoms with Gasteiger partial charge in [-0.2, -0.15) is 0 Å². The van der Waals surface area contributed by atoms with Gasteiger partial charge in [-0.05, 0) is 34.9 Å². The van der Waals surface area contributed by atoms with Crippen LogP contribution in [0.1, 0.15) is 5.48 Å². The number of nitrogens with one attached hydrogen (secondary N) is 2. The summed E-state index contributed by atoms with van der Waals surface area (Å²) >= 11 is 11.8. The van der Waals surface area contributed by atoms with Gasteiger partial charge < -0.3 is 20.2 Å². The van der Waals surface area contributed by atoms with E-state index in [9.17, 15) is 10.2 Å². The maximum absolute atomic E-state index is 12.7. The van der Waals surface area contributed by atoms with Crippen LogP contribution in [-0.4, -0.2) is 9.97 Å². The quantitative estimate of drug-likeness (QED) is 0.555. The third-order valence-electron chi connectivity index (χ3n) is 3.39. The molecule has 22 heavy (non-hydrogen) atoms. The highest BCUT2D eigenvalue weighted by molar-refractivity contribution is 6.31. The molecule has 4 aromatic rings. The molecule has 0 saturated heterocycles. The molecule has 2 heterocycles. The van der Waals surface area contributed by atoms with E-state index in [0.717, 1.165) is 0 Å². The van der Waals surface area contributed by atoms with Crippen molar-refractivity contribution in [1.29, 1.82) is 0 Å². The van der Waals surface area contributed by atoms with Crippen LogP contribution in [0.25, 0.3) is 33.2 Å². The summed E-state index contributed by atoms with van der Waals surface area (Å²) in [4.78, 5) is 5.45. The molecule has 0 bridgehead atoms. The lowest BCUT2D eigenvalue weighted by Crippen LogP contribution is -1.95. The van der Waals surface area contributed by atoms with Crippen LogP contribution in [-0.2, 0) is 0 Å². The average Bonchev–Trinajstić information content (AvgIpc) is 3.09. The normalized spacial score (nSPS) is 14.1. The standard InChI is InChI=1S/C16H10Cl2N2O2/c17-7-1-3-9-11(5-7)19-13(15(9)21)14-16(22)10-4-2-8(18)6-12(10)20-14/h1-6,19-22H/p-2/i1D,2D,5D,6D. The van der Waals surface area contributed by atoms with E-state index in [0.29, 0.717) is 0 Å². The Labute approximate surface area is 140 Å². The fourth-order valence-electron chi connectivity index (χ4n) is 2.38. The predicted octanol–water partition coefficient (Wildman–Crippen LogP) is 3.77. The molecule has 0 aliphatic rings. The topological polar surface area (TPSA) is 77.7 Å². The number of halogens is 2. The van der Waals surface area contributed by atoms with Crippen LogP contribution in [0.4, 0.5) is 0 Å². The van der Waals surface area contributed by atoms with Gasteiger partial charge in [-0.3, -0.25) is 0 Å². The molecule has 4 rings (SSSR count). The fourth-order valence-corrected chi connectivity index (χ4v) is 2.68. The molecule has 2 N–H and O–H groups in total. The van der Waals surface area contributed by atoms with Crippen molar-refractivity contribution in [1.82, 2.24) is 9.97 Å². The molecule has 0 aliphatic carbocycles. The van der Waals surface area contributed by atoms with Gasteiger partial charge in [0.15, 0.2) is 0 Å². The van der Waals surface area contributed by atoms with Gasteiger partial charge in [0, 0.05) is 21.1 Å². The van der Waals surface area contributed by atoms with Crippen LogP contribution < -0.4 is 10.2 Å². The Bertz CT molecular complexity index is 1140. The Hall–Kier alpha value is -2.30. The SMILES string of the molecule is [2H]c1cc2c([O-])c(-c3[nH]c4c([2H])c(Cl)c([2H])cc4c3[O-])[nH]c2c([2H])c1Cl. The van der Waals surface area contributed by atoms with Crippen molar-refractivity contribution >= 4 is 45.0 Å². The zero-order valence-electron chi connectivity index (χ0n) is 14.7. The van der Waals surface area contributed by atoms with Gasteiger partial charge >= 0.3 is 0 Å². The average molecular weight is 335 g/mol. The van der Waals surface area contributed by atoms with Crippen LogP contribution in [0.2, 0.25) is 10.0 Å². The van der Waals surface area contributed by atoms with Gasteiger partial charge in [0.2, 0.25) is 0 Å². The largest absolute Gasteiger partial charge is 0.871 e. The second-order valence-corrected chi connectivity index (χ2v) is 5.45. The van der Waals surface area contributed by atoms with Crippen molar-refractivity contribution in [2.75, 3.05) is 0 Å². The lowest BCUT2D eigenvalue weighted by Gasteiger charge is -2.11. The van der Waals surface area contributed by atoms with Crippen molar-refractivity contribution in [3.63, 3.8) is 0 Å². The summed E-state index contributed by atoms with van der Waals surface area (Å²) < 4.78 is 31.4. The van der Waals surface area contributed by atoms with E-state index >= 15 is 0 Å².